The number of halogens is 5. The lowest BCUT2D eigenvalue weighted by molar-refractivity contribution is -0.192. The van der Waals surface area contributed by atoms with Gasteiger partial charge in [0.1, 0.15) is 0 Å². The highest BCUT2D eigenvalue weighted by molar-refractivity contribution is 6.34. The van der Waals surface area contributed by atoms with Crippen LogP contribution >= 0.6 is 23.2 Å². The standard InChI is InChI=1S/C20H15Cl2N3O.C2HF3O2/c21-14-2-4-17(22)12(9-14)1-3-15-10-13(5-7-23-15)19-11-16-18(25-19)6-8-24-20(16)26;3-2(4,5)1(6)7/h1-5,7,9-11,25H,6,8H2,(H,24,26);(H,6,7)/b3-1+;. The molecule has 0 atom stereocenters. The van der Waals surface area contributed by atoms with Crippen LogP contribution in [0.3, 0.4) is 0 Å². The highest BCUT2D eigenvalue weighted by Crippen LogP contribution is 2.26. The highest BCUT2D eigenvalue weighted by Gasteiger charge is 2.38. The second-order valence-electron chi connectivity index (χ2n) is 6.85. The Morgan fingerprint density at radius 1 is 1.12 bits per heavy atom. The minimum atomic E-state index is -5.08. The van der Waals surface area contributed by atoms with Crippen LogP contribution in [0.1, 0.15) is 27.3 Å². The van der Waals surface area contributed by atoms with Crippen LogP contribution in [0.25, 0.3) is 23.4 Å². The molecule has 3 N–H and O–H groups in total. The van der Waals surface area contributed by atoms with E-state index in [0.29, 0.717) is 22.2 Å². The number of hydrogen-bond acceptors (Lipinski definition) is 3. The lowest BCUT2D eigenvalue weighted by Crippen LogP contribution is -2.31. The maximum absolute atomic E-state index is 11.9. The fourth-order valence-electron chi connectivity index (χ4n) is 2.97. The quantitative estimate of drug-likeness (QED) is 0.446. The Morgan fingerprint density at radius 3 is 2.52 bits per heavy atom. The number of carbonyl (C=O) groups excluding carboxylic acids is 1. The van der Waals surface area contributed by atoms with Gasteiger partial charge in [-0.15, -0.1) is 0 Å². The van der Waals surface area contributed by atoms with E-state index in [4.69, 9.17) is 33.1 Å². The zero-order chi connectivity index (χ0) is 24.2. The average Bonchev–Trinajstić information content (AvgIpc) is 3.20. The number of aliphatic carboxylic acids is 1. The molecular weight excluding hydrogens is 482 g/mol. The first-order valence-electron chi connectivity index (χ1n) is 9.44. The van der Waals surface area contributed by atoms with Crippen LogP contribution in [0.4, 0.5) is 13.2 Å². The van der Waals surface area contributed by atoms with Crippen LogP contribution < -0.4 is 5.32 Å². The highest BCUT2D eigenvalue weighted by atomic mass is 35.5. The predicted octanol–water partition coefficient (Wildman–Crippen LogP) is 5.47. The van der Waals surface area contributed by atoms with E-state index in [1.54, 1.807) is 18.3 Å². The van der Waals surface area contributed by atoms with Crippen molar-refractivity contribution < 1.29 is 27.9 Å². The van der Waals surface area contributed by atoms with Gasteiger partial charge in [0.25, 0.3) is 5.91 Å². The third-order valence-corrected chi connectivity index (χ3v) is 5.11. The van der Waals surface area contributed by atoms with Crippen LogP contribution in [-0.2, 0) is 11.2 Å². The monoisotopic (exact) mass is 497 g/mol. The molecule has 172 valence electrons. The van der Waals surface area contributed by atoms with Crippen molar-refractivity contribution in [3.63, 3.8) is 0 Å². The fourth-order valence-corrected chi connectivity index (χ4v) is 3.33. The molecule has 0 spiro atoms. The molecule has 1 amide bonds. The summed E-state index contributed by atoms with van der Waals surface area (Å²) >= 11 is 12.2. The summed E-state index contributed by atoms with van der Waals surface area (Å²) in [7, 11) is 0. The third-order valence-electron chi connectivity index (χ3n) is 4.53. The van der Waals surface area contributed by atoms with Crippen LogP contribution in [0.2, 0.25) is 10.0 Å². The minimum absolute atomic E-state index is 0.0291. The molecule has 33 heavy (non-hydrogen) atoms. The van der Waals surface area contributed by atoms with Crippen LogP contribution in [0, 0.1) is 0 Å². The van der Waals surface area contributed by atoms with Crippen molar-refractivity contribution >= 4 is 47.2 Å². The Kier molecular flexibility index (Phi) is 7.45. The number of alkyl halides is 3. The fraction of sp³-hybridized carbons (Fsp3) is 0.136. The SMILES string of the molecule is O=C(O)C(F)(F)F.O=C1NCCc2[nH]c(-c3ccnc(/C=C/c4cc(Cl)ccc4Cl)c3)cc21. The summed E-state index contributed by atoms with van der Waals surface area (Å²) in [6, 6.07) is 11.1. The number of H-pyrrole nitrogens is 1. The van der Waals surface area contributed by atoms with Gasteiger partial charge >= 0.3 is 12.1 Å². The largest absolute Gasteiger partial charge is 0.490 e. The van der Waals surface area contributed by atoms with E-state index in [1.165, 1.54) is 0 Å². The second kappa shape index (κ2) is 10.1. The average molecular weight is 498 g/mol. The zero-order valence-corrected chi connectivity index (χ0v) is 18.2. The van der Waals surface area contributed by atoms with Crippen LogP contribution in [0.5, 0.6) is 0 Å². The number of carboxylic acids is 1. The number of pyridine rings is 1. The van der Waals surface area contributed by atoms with Gasteiger partial charge in [0, 0.05) is 46.2 Å². The molecule has 2 aromatic heterocycles. The summed E-state index contributed by atoms with van der Waals surface area (Å²) in [5, 5.41) is 11.2. The number of aromatic amines is 1. The molecule has 0 fully saturated rings. The van der Waals surface area contributed by atoms with Gasteiger partial charge < -0.3 is 15.4 Å². The number of carbonyl (C=O) groups is 2. The molecule has 3 heterocycles. The number of aromatic nitrogens is 2. The summed E-state index contributed by atoms with van der Waals surface area (Å²) in [6.45, 7) is 0.663. The van der Waals surface area contributed by atoms with E-state index >= 15 is 0 Å². The molecule has 4 rings (SSSR count). The predicted molar refractivity (Wildman–Crippen MR) is 119 cm³/mol. The van der Waals surface area contributed by atoms with Gasteiger partial charge in [-0.05, 0) is 48.0 Å². The lowest BCUT2D eigenvalue weighted by Gasteiger charge is -2.10. The summed E-state index contributed by atoms with van der Waals surface area (Å²) in [6.07, 6.45) is 1.24. The number of carboxylic acid groups (broad SMARTS) is 1. The van der Waals surface area contributed by atoms with E-state index < -0.39 is 12.1 Å². The normalized spacial score (nSPS) is 13.2. The van der Waals surface area contributed by atoms with E-state index in [9.17, 15) is 18.0 Å². The Bertz CT molecular complexity index is 1220. The van der Waals surface area contributed by atoms with Gasteiger partial charge in [0.2, 0.25) is 0 Å². The molecule has 3 aromatic rings. The van der Waals surface area contributed by atoms with Gasteiger partial charge in [-0.25, -0.2) is 4.79 Å². The van der Waals surface area contributed by atoms with Gasteiger partial charge in [0.05, 0.1) is 11.3 Å². The van der Waals surface area contributed by atoms with Crippen LogP contribution in [0.15, 0.2) is 42.6 Å². The summed E-state index contributed by atoms with van der Waals surface area (Å²) < 4.78 is 31.7. The van der Waals surface area contributed by atoms with Crippen molar-refractivity contribution in [2.45, 2.75) is 12.6 Å². The number of benzene rings is 1. The van der Waals surface area contributed by atoms with Crippen molar-refractivity contribution in [1.29, 1.82) is 0 Å². The number of nitrogens with zero attached hydrogens (tertiary/aromatic N) is 1. The molecule has 1 aliphatic rings. The van der Waals surface area contributed by atoms with E-state index in [2.05, 4.69) is 15.3 Å². The molecule has 0 radical (unpaired) electrons. The van der Waals surface area contributed by atoms with Crippen molar-refractivity contribution in [2.24, 2.45) is 0 Å². The molecule has 0 saturated heterocycles. The van der Waals surface area contributed by atoms with E-state index in [1.807, 2.05) is 36.4 Å². The topological polar surface area (TPSA) is 95.1 Å². The number of nitrogens with one attached hydrogen (secondary N) is 2. The Hall–Kier alpha value is -3.30. The van der Waals surface area contributed by atoms with Crippen molar-refractivity contribution in [3.05, 3.63) is 75.2 Å². The summed E-state index contributed by atoms with van der Waals surface area (Å²) in [5.74, 6) is -2.79. The third kappa shape index (κ3) is 6.36. The van der Waals surface area contributed by atoms with Crippen molar-refractivity contribution in [1.82, 2.24) is 15.3 Å². The first-order valence-corrected chi connectivity index (χ1v) is 10.2. The molecule has 11 heteroatoms. The molecular formula is C22H16Cl2F3N3O3. The molecule has 1 aromatic carbocycles. The molecule has 0 bridgehead atoms. The van der Waals surface area contributed by atoms with Gasteiger partial charge in [-0.1, -0.05) is 29.3 Å². The Morgan fingerprint density at radius 2 is 1.85 bits per heavy atom. The molecule has 6 nitrogen and oxygen atoms in total. The number of hydrogen-bond donors (Lipinski definition) is 3. The Labute approximate surface area is 196 Å². The maximum atomic E-state index is 11.9. The van der Waals surface area contributed by atoms with Gasteiger partial charge in [-0.2, -0.15) is 13.2 Å². The summed E-state index contributed by atoms with van der Waals surface area (Å²) in [5.41, 5.74) is 5.19. The van der Waals surface area contributed by atoms with Crippen molar-refractivity contribution in [2.75, 3.05) is 6.54 Å². The van der Waals surface area contributed by atoms with E-state index in [0.717, 1.165) is 34.6 Å². The summed E-state index contributed by atoms with van der Waals surface area (Å²) in [4.78, 5) is 28.6. The molecule has 0 aliphatic carbocycles. The lowest BCUT2D eigenvalue weighted by atomic mass is 10.1. The maximum Gasteiger partial charge on any atom is 0.490 e. The minimum Gasteiger partial charge on any atom is -0.475 e. The Balaban J connectivity index is 0.000000383. The first-order chi connectivity index (χ1) is 15.5. The first kappa shape index (κ1) is 24.3. The van der Waals surface area contributed by atoms with Crippen LogP contribution in [-0.4, -0.2) is 39.7 Å². The molecule has 0 unspecified atom stereocenters. The number of amides is 1. The molecule has 1 aliphatic heterocycles. The van der Waals surface area contributed by atoms with Gasteiger partial charge in [0.15, 0.2) is 0 Å². The van der Waals surface area contributed by atoms with Gasteiger partial charge in [-0.3, -0.25) is 9.78 Å². The van der Waals surface area contributed by atoms with E-state index in [-0.39, 0.29) is 5.91 Å². The number of rotatable bonds is 3. The number of fused-ring (bicyclic) bond motifs is 1. The smallest absolute Gasteiger partial charge is 0.475 e. The zero-order valence-electron chi connectivity index (χ0n) is 16.7. The second-order valence-corrected chi connectivity index (χ2v) is 7.70. The molecule has 0 saturated carbocycles. The van der Waals surface area contributed by atoms with Crippen molar-refractivity contribution in [3.8, 4) is 11.3 Å².